The normalized spacial score (nSPS) is 11.1. The molecule has 3 aromatic heterocycles. The van der Waals surface area contributed by atoms with Crippen LogP contribution >= 0.6 is 11.3 Å². The summed E-state index contributed by atoms with van der Waals surface area (Å²) in [4.78, 5) is 18.0. The minimum atomic E-state index is -0.0439. The molecule has 0 unspecified atom stereocenters. The van der Waals surface area contributed by atoms with Crippen LogP contribution in [-0.4, -0.2) is 20.4 Å². The highest BCUT2D eigenvalue weighted by atomic mass is 32.1. The lowest BCUT2D eigenvalue weighted by Gasteiger charge is -1.99. The molecule has 0 aromatic carbocycles. The van der Waals surface area contributed by atoms with Crippen molar-refractivity contribution in [2.24, 2.45) is 0 Å². The standard InChI is InChI=1S/C13H12N4OS/c1-7-3-4-11(19-7)12-15-13-10(14)5-9(8(2)18)6-17(13)16-12/h3-6H,14H2,1-2H3. The zero-order valence-electron chi connectivity index (χ0n) is 10.5. The number of hydrogen-bond acceptors (Lipinski definition) is 5. The van der Waals surface area contributed by atoms with Crippen LogP contribution in [0.1, 0.15) is 22.2 Å². The molecule has 0 aliphatic carbocycles. The summed E-state index contributed by atoms with van der Waals surface area (Å²) in [7, 11) is 0. The Morgan fingerprint density at radius 1 is 1.42 bits per heavy atom. The molecular formula is C13H12N4OS. The van der Waals surface area contributed by atoms with Crippen LogP contribution in [0.15, 0.2) is 24.4 Å². The number of nitrogen functional groups attached to an aromatic ring is 1. The van der Waals surface area contributed by atoms with Crippen molar-refractivity contribution in [2.75, 3.05) is 5.73 Å². The minimum Gasteiger partial charge on any atom is -0.396 e. The Labute approximate surface area is 113 Å². The fourth-order valence-corrected chi connectivity index (χ4v) is 2.66. The summed E-state index contributed by atoms with van der Waals surface area (Å²) in [5.74, 6) is 0.586. The maximum atomic E-state index is 11.4. The van der Waals surface area contributed by atoms with E-state index < -0.39 is 0 Å². The Kier molecular flexibility index (Phi) is 2.60. The van der Waals surface area contributed by atoms with E-state index in [1.54, 1.807) is 28.1 Å². The summed E-state index contributed by atoms with van der Waals surface area (Å²) >= 11 is 1.63. The van der Waals surface area contributed by atoms with Crippen molar-refractivity contribution < 1.29 is 4.79 Å². The van der Waals surface area contributed by atoms with Crippen molar-refractivity contribution in [3.63, 3.8) is 0 Å². The van der Waals surface area contributed by atoms with Crippen molar-refractivity contribution in [3.8, 4) is 10.7 Å². The summed E-state index contributed by atoms with van der Waals surface area (Å²) in [5.41, 5.74) is 7.48. The smallest absolute Gasteiger partial charge is 0.192 e. The van der Waals surface area contributed by atoms with Gasteiger partial charge >= 0.3 is 0 Å². The lowest BCUT2D eigenvalue weighted by Crippen LogP contribution is -2.00. The zero-order chi connectivity index (χ0) is 13.6. The molecule has 3 rings (SSSR count). The van der Waals surface area contributed by atoms with Gasteiger partial charge in [0.2, 0.25) is 0 Å². The van der Waals surface area contributed by atoms with E-state index in [0.29, 0.717) is 22.7 Å². The highest BCUT2D eigenvalue weighted by molar-refractivity contribution is 7.15. The third-order valence-electron chi connectivity index (χ3n) is 2.83. The highest BCUT2D eigenvalue weighted by Gasteiger charge is 2.12. The average molecular weight is 272 g/mol. The summed E-state index contributed by atoms with van der Waals surface area (Å²) in [6.07, 6.45) is 1.66. The van der Waals surface area contributed by atoms with Gasteiger partial charge in [-0.1, -0.05) is 0 Å². The number of thiophene rings is 1. The molecule has 0 amide bonds. The maximum absolute atomic E-state index is 11.4. The van der Waals surface area contributed by atoms with E-state index in [1.165, 1.54) is 11.8 Å². The van der Waals surface area contributed by atoms with Gasteiger partial charge in [-0.3, -0.25) is 4.79 Å². The number of fused-ring (bicyclic) bond motifs is 1. The van der Waals surface area contributed by atoms with E-state index in [-0.39, 0.29) is 5.78 Å². The number of nitrogens with zero attached hydrogens (tertiary/aromatic N) is 3. The molecule has 3 heterocycles. The fraction of sp³-hybridized carbons (Fsp3) is 0.154. The number of Topliss-reactive ketones (excluding diaryl/α,β-unsaturated/α-hetero) is 1. The number of pyridine rings is 1. The molecule has 2 N–H and O–H groups in total. The Morgan fingerprint density at radius 2 is 2.21 bits per heavy atom. The van der Waals surface area contributed by atoms with Gasteiger partial charge in [0, 0.05) is 16.6 Å². The second kappa shape index (κ2) is 4.17. The lowest BCUT2D eigenvalue weighted by atomic mass is 10.2. The first kappa shape index (κ1) is 11.9. The van der Waals surface area contributed by atoms with Gasteiger partial charge in [0.25, 0.3) is 0 Å². The summed E-state index contributed by atoms with van der Waals surface area (Å²) in [5, 5.41) is 4.38. The van der Waals surface area contributed by atoms with Gasteiger partial charge in [-0.15, -0.1) is 16.4 Å². The van der Waals surface area contributed by atoms with Crippen LogP contribution in [0.2, 0.25) is 0 Å². The number of rotatable bonds is 2. The van der Waals surface area contributed by atoms with Gasteiger partial charge in [0.05, 0.1) is 10.6 Å². The number of ketones is 1. The third-order valence-corrected chi connectivity index (χ3v) is 3.83. The van der Waals surface area contributed by atoms with Crippen molar-refractivity contribution in [3.05, 3.63) is 34.8 Å². The first-order valence-corrected chi connectivity index (χ1v) is 6.60. The van der Waals surface area contributed by atoms with Crippen molar-refractivity contribution in [1.29, 1.82) is 0 Å². The Morgan fingerprint density at radius 3 is 2.84 bits per heavy atom. The van der Waals surface area contributed by atoms with Crippen LogP contribution in [0.4, 0.5) is 5.69 Å². The van der Waals surface area contributed by atoms with Crippen molar-refractivity contribution in [2.45, 2.75) is 13.8 Å². The van der Waals surface area contributed by atoms with Crippen LogP contribution in [-0.2, 0) is 0 Å². The van der Waals surface area contributed by atoms with Gasteiger partial charge in [0.1, 0.15) is 0 Å². The molecule has 96 valence electrons. The molecule has 0 saturated carbocycles. The largest absolute Gasteiger partial charge is 0.396 e. The third kappa shape index (κ3) is 2.00. The fourth-order valence-electron chi connectivity index (χ4n) is 1.86. The molecule has 0 aliphatic heterocycles. The molecule has 0 fully saturated rings. The molecule has 0 bridgehead atoms. The average Bonchev–Trinajstić information content (AvgIpc) is 2.94. The molecule has 19 heavy (non-hydrogen) atoms. The Bertz CT molecular complexity index is 787. The van der Waals surface area contributed by atoms with E-state index >= 15 is 0 Å². The van der Waals surface area contributed by atoms with Crippen LogP contribution in [0.3, 0.4) is 0 Å². The summed E-state index contributed by atoms with van der Waals surface area (Å²) < 4.78 is 1.57. The first-order valence-electron chi connectivity index (χ1n) is 5.78. The van der Waals surface area contributed by atoms with Crippen LogP contribution in [0.25, 0.3) is 16.3 Å². The molecule has 6 heteroatoms. The predicted molar refractivity (Wildman–Crippen MR) is 75.5 cm³/mol. The van der Waals surface area contributed by atoms with Gasteiger partial charge in [-0.25, -0.2) is 9.50 Å². The Balaban J connectivity index is 2.20. The van der Waals surface area contributed by atoms with Gasteiger partial charge in [0.15, 0.2) is 17.3 Å². The van der Waals surface area contributed by atoms with Gasteiger partial charge in [-0.05, 0) is 32.0 Å². The van der Waals surface area contributed by atoms with Gasteiger partial charge in [-0.2, -0.15) is 0 Å². The quantitative estimate of drug-likeness (QED) is 0.728. The Hall–Kier alpha value is -2.21. The van der Waals surface area contributed by atoms with Crippen molar-refractivity contribution >= 4 is 28.5 Å². The summed E-state index contributed by atoms with van der Waals surface area (Å²) in [6, 6.07) is 5.64. The maximum Gasteiger partial charge on any atom is 0.192 e. The van der Waals surface area contributed by atoms with Crippen LogP contribution < -0.4 is 5.73 Å². The van der Waals surface area contributed by atoms with E-state index in [2.05, 4.69) is 10.1 Å². The molecule has 3 aromatic rings. The number of nitrogens with two attached hydrogens (primary N) is 1. The van der Waals surface area contributed by atoms with E-state index in [4.69, 9.17) is 5.73 Å². The molecule has 0 aliphatic rings. The zero-order valence-corrected chi connectivity index (χ0v) is 11.4. The molecule has 5 nitrogen and oxygen atoms in total. The van der Waals surface area contributed by atoms with Gasteiger partial charge < -0.3 is 5.73 Å². The highest BCUT2D eigenvalue weighted by Crippen LogP contribution is 2.26. The molecular weight excluding hydrogens is 260 g/mol. The lowest BCUT2D eigenvalue weighted by molar-refractivity contribution is 0.101. The molecule has 0 atom stereocenters. The monoisotopic (exact) mass is 272 g/mol. The van der Waals surface area contributed by atoms with E-state index in [9.17, 15) is 4.79 Å². The minimum absolute atomic E-state index is 0.0439. The number of aromatic nitrogens is 3. The van der Waals surface area contributed by atoms with E-state index in [0.717, 1.165) is 4.88 Å². The van der Waals surface area contributed by atoms with Crippen LogP contribution in [0.5, 0.6) is 0 Å². The number of aryl methyl sites for hydroxylation is 1. The first-order chi connectivity index (χ1) is 9.04. The van der Waals surface area contributed by atoms with E-state index in [1.807, 2.05) is 19.1 Å². The number of carbonyl (C=O) groups is 1. The second-order valence-corrected chi connectivity index (χ2v) is 5.64. The predicted octanol–water partition coefficient (Wildman–Crippen LogP) is 2.55. The topological polar surface area (TPSA) is 73.3 Å². The van der Waals surface area contributed by atoms with Crippen molar-refractivity contribution in [1.82, 2.24) is 14.6 Å². The second-order valence-electron chi connectivity index (χ2n) is 4.35. The van der Waals surface area contributed by atoms with Crippen LogP contribution in [0, 0.1) is 6.92 Å². The molecule has 0 radical (unpaired) electrons. The molecule has 0 saturated heterocycles. The SMILES string of the molecule is CC(=O)c1cc(N)c2nc(-c3ccc(C)s3)nn2c1. The number of anilines is 1. The number of carbonyl (C=O) groups excluding carboxylic acids is 1. The summed E-state index contributed by atoms with van der Waals surface area (Å²) in [6.45, 7) is 3.53. The molecule has 0 spiro atoms. The number of hydrogen-bond donors (Lipinski definition) is 1.